The zero-order valence-corrected chi connectivity index (χ0v) is 13.2. The average Bonchev–Trinajstić information content (AvgIpc) is 2.42. The molecule has 20 heavy (non-hydrogen) atoms. The van der Waals surface area contributed by atoms with Crippen LogP contribution >= 0.6 is 0 Å². The Morgan fingerprint density at radius 1 is 0.900 bits per heavy atom. The van der Waals surface area contributed by atoms with Gasteiger partial charge in [0, 0.05) is 24.6 Å². The molecule has 1 aromatic carbocycles. The van der Waals surface area contributed by atoms with Gasteiger partial charge in [-0.05, 0) is 43.5 Å². The van der Waals surface area contributed by atoms with Crippen LogP contribution in [-0.4, -0.2) is 17.0 Å². The van der Waals surface area contributed by atoms with Gasteiger partial charge in [0.15, 0.2) is 0 Å². The lowest BCUT2D eigenvalue weighted by molar-refractivity contribution is 0.777. The van der Waals surface area contributed by atoms with Gasteiger partial charge in [-0.3, -0.25) is 0 Å². The Hall–Kier alpha value is -1.90. The van der Waals surface area contributed by atoms with Crippen molar-refractivity contribution in [2.45, 2.75) is 40.5 Å². The van der Waals surface area contributed by atoms with E-state index in [0.717, 1.165) is 17.3 Å². The summed E-state index contributed by atoms with van der Waals surface area (Å²) in [5.41, 5.74) is 6.05. The van der Waals surface area contributed by atoms with Crippen LogP contribution in [0.2, 0.25) is 0 Å². The average molecular weight is 269 g/mol. The Kier molecular flexibility index (Phi) is 4.07. The van der Waals surface area contributed by atoms with Gasteiger partial charge in [-0.15, -0.1) is 0 Å². The van der Waals surface area contributed by atoms with E-state index < -0.39 is 0 Å². The molecule has 2 rings (SSSR count). The van der Waals surface area contributed by atoms with Gasteiger partial charge >= 0.3 is 0 Å². The molecule has 0 bridgehead atoms. The van der Waals surface area contributed by atoms with Crippen LogP contribution in [0, 0.1) is 20.8 Å². The zero-order valence-electron chi connectivity index (χ0n) is 13.2. The number of hydrogen-bond acceptors (Lipinski definition) is 3. The number of aryl methyl sites for hydroxylation is 3. The molecule has 106 valence electrons. The molecule has 1 heterocycles. The van der Waals surface area contributed by atoms with Gasteiger partial charge in [-0.1, -0.05) is 19.9 Å². The molecule has 2 aromatic rings. The summed E-state index contributed by atoms with van der Waals surface area (Å²) in [6, 6.07) is 6.46. The van der Waals surface area contributed by atoms with Crippen molar-refractivity contribution < 1.29 is 0 Å². The molecular weight excluding hydrogens is 246 g/mol. The van der Waals surface area contributed by atoms with E-state index in [1.54, 1.807) is 0 Å². The Balaban J connectivity index is 2.62. The van der Waals surface area contributed by atoms with Gasteiger partial charge in [0.2, 0.25) is 0 Å². The summed E-state index contributed by atoms with van der Waals surface area (Å²) in [5.74, 6) is 2.06. The maximum absolute atomic E-state index is 4.73. The van der Waals surface area contributed by atoms with Crippen molar-refractivity contribution in [2.24, 2.45) is 0 Å². The van der Waals surface area contributed by atoms with E-state index in [-0.39, 0.29) is 0 Å². The highest BCUT2D eigenvalue weighted by Crippen LogP contribution is 2.27. The third kappa shape index (κ3) is 2.82. The van der Waals surface area contributed by atoms with Crippen molar-refractivity contribution in [3.63, 3.8) is 0 Å². The van der Waals surface area contributed by atoms with Crippen LogP contribution < -0.4 is 5.32 Å². The van der Waals surface area contributed by atoms with Crippen molar-refractivity contribution in [1.29, 1.82) is 0 Å². The fraction of sp³-hybridized carbons (Fsp3) is 0.412. The van der Waals surface area contributed by atoms with Crippen molar-refractivity contribution in [3.05, 3.63) is 40.7 Å². The van der Waals surface area contributed by atoms with Crippen LogP contribution in [-0.2, 0) is 0 Å². The van der Waals surface area contributed by atoms with Gasteiger partial charge in [0.1, 0.15) is 11.6 Å². The molecule has 0 amide bonds. The molecule has 0 aliphatic heterocycles. The molecule has 0 atom stereocenters. The fourth-order valence-corrected chi connectivity index (χ4v) is 2.23. The quantitative estimate of drug-likeness (QED) is 0.906. The van der Waals surface area contributed by atoms with E-state index in [1.165, 1.54) is 22.3 Å². The molecule has 0 spiro atoms. The maximum atomic E-state index is 4.73. The lowest BCUT2D eigenvalue weighted by Gasteiger charge is -2.13. The van der Waals surface area contributed by atoms with Crippen LogP contribution in [0.1, 0.15) is 42.3 Å². The number of aromatic nitrogens is 2. The second kappa shape index (κ2) is 5.61. The minimum atomic E-state index is 0.314. The van der Waals surface area contributed by atoms with Crippen LogP contribution in [0.3, 0.4) is 0 Å². The first-order valence-electron chi connectivity index (χ1n) is 7.07. The molecule has 0 saturated heterocycles. The summed E-state index contributed by atoms with van der Waals surface area (Å²) < 4.78 is 0. The summed E-state index contributed by atoms with van der Waals surface area (Å²) in [6.07, 6.45) is 0. The van der Waals surface area contributed by atoms with E-state index in [9.17, 15) is 0 Å². The molecule has 0 unspecified atom stereocenters. The molecule has 0 aliphatic rings. The molecular formula is C17H23N3. The predicted octanol–water partition coefficient (Wildman–Crippen LogP) is 4.23. The lowest BCUT2D eigenvalue weighted by atomic mass is 9.98. The number of nitrogens with zero attached hydrogens (tertiary/aromatic N) is 2. The van der Waals surface area contributed by atoms with Crippen LogP contribution in [0.4, 0.5) is 5.82 Å². The molecule has 3 nitrogen and oxygen atoms in total. The maximum Gasteiger partial charge on any atom is 0.133 e. The Morgan fingerprint density at radius 3 is 2.15 bits per heavy atom. The summed E-state index contributed by atoms with van der Waals surface area (Å²) >= 11 is 0. The van der Waals surface area contributed by atoms with Gasteiger partial charge < -0.3 is 5.32 Å². The molecule has 0 radical (unpaired) electrons. The van der Waals surface area contributed by atoms with Gasteiger partial charge in [-0.2, -0.15) is 0 Å². The van der Waals surface area contributed by atoms with Crippen molar-refractivity contribution in [2.75, 3.05) is 12.4 Å². The van der Waals surface area contributed by atoms with E-state index in [0.29, 0.717) is 5.92 Å². The van der Waals surface area contributed by atoms with E-state index >= 15 is 0 Å². The fourth-order valence-electron chi connectivity index (χ4n) is 2.23. The normalized spacial score (nSPS) is 10.9. The highest BCUT2D eigenvalue weighted by Gasteiger charge is 2.11. The van der Waals surface area contributed by atoms with E-state index in [2.05, 4.69) is 57.1 Å². The van der Waals surface area contributed by atoms with E-state index in [1.807, 2.05) is 13.1 Å². The number of nitrogens with one attached hydrogen (secondary N) is 1. The third-order valence-corrected chi connectivity index (χ3v) is 3.63. The predicted molar refractivity (Wildman–Crippen MR) is 85.3 cm³/mol. The third-order valence-electron chi connectivity index (χ3n) is 3.63. The summed E-state index contributed by atoms with van der Waals surface area (Å²) in [5, 5.41) is 3.13. The van der Waals surface area contributed by atoms with Gasteiger partial charge in [0.05, 0.1) is 5.69 Å². The standard InChI is InChI=1S/C17H23N3/c1-10(2)17-19-15(9-16(18-6)20-17)14-8-12(4)11(3)7-13(14)5/h7-10H,1-6H3,(H,18,19,20). The number of hydrogen-bond donors (Lipinski definition) is 1. The topological polar surface area (TPSA) is 37.8 Å². The number of anilines is 1. The SMILES string of the molecule is CNc1cc(-c2cc(C)c(C)cc2C)nc(C(C)C)n1. The zero-order chi connectivity index (χ0) is 14.9. The van der Waals surface area contributed by atoms with Crippen molar-refractivity contribution in [1.82, 2.24) is 9.97 Å². The largest absolute Gasteiger partial charge is 0.373 e. The highest BCUT2D eigenvalue weighted by atomic mass is 15.0. The van der Waals surface area contributed by atoms with Crippen LogP contribution in [0.15, 0.2) is 18.2 Å². The monoisotopic (exact) mass is 269 g/mol. The molecule has 0 aliphatic carbocycles. The molecule has 0 saturated carbocycles. The van der Waals surface area contributed by atoms with Gasteiger partial charge in [0.25, 0.3) is 0 Å². The first-order valence-corrected chi connectivity index (χ1v) is 7.07. The minimum absolute atomic E-state index is 0.314. The number of benzene rings is 1. The van der Waals surface area contributed by atoms with Crippen molar-refractivity contribution >= 4 is 5.82 Å². The molecule has 1 aromatic heterocycles. The second-order valence-electron chi connectivity index (χ2n) is 5.65. The van der Waals surface area contributed by atoms with Crippen molar-refractivity contribution in [3.8, 4) is 11.3 Å². The lowest BCUT2D eigenvalue weighted by Crippen LogP contribution is -2.04. The first kappa shape index (κ1) is 14.5. The first-order chi connectivity index (χ1) is 9.42. The number of rotatable bonds is 3. The van der Waals surface area contributed by atoms with E-state index in [4.69, 9.17) is 4.98 Å². The Bertz CT molecular complexity index is 630. The Morgan fingerprint density at radius 2 is 1.55 bits per heavy atom. The van der Waals surface area contributed by atoms with Crippen LogP contribution in [0.25, 0.3) is 11.3 Å². The summed E-state index contributed by atoms with van der Waals surface area (Å²) in [7, 11) is 1.89. The smallest absolute Gasteiger partial charge is 0.133 e. The highest BCUT2D eigenvalue weighted by molar-refractivity contribution is 5.67. The second-order valence-corrected chi connectivity index (χ2v) is 5.65. The molecule has 0 fully saturated rings. The Labute approximate surface area is 121 Å². The van der Waals surface area contributed by atoms with Crippen LogP contribution in [0.5, 0.6) is 0 Å². The van der Waals surface area contributed by atoms with Gasteiger partial charge in [-0.25, -0.2) is 9.97 Å². The summed E-state index contributed by atoms with van der Waals surface area (Å²) in [4.78, 5) is 9.26. The minimum Gasteiger partial charge on any atom is -0.373 e. The summed E-state index contributed by atoms with van der Waals surface area (Å²) in [6.45, 7) is 10.7. The molecule has 1 N–H and O–H groups in total. The molecule has 3 heteroatoms.